The molecule has 0 aromatic rings. The predicted molar refractivity (Wildman–Crippen MR) is 44.0 cm³/mol. The second kappa shape index (κ2) is 4.62. The molecule has 0 aliphatic rings. The molecule has 0 fully saturated rings. The van der Waals surface area contributed by atoms with Crippen LogP contribution in [-0.2, 0) is 4.57 Å². The Morgan fingerprint density at radius 3 is 2.22 bits per heavy atom. The molecule has 54 valence electrons. The Morgan fingerprint density at radius 2 is 1.89 bits per heavy atom. The minimum atomic E-state index is -2.90. The second-order valence-corrected chi connectivity index (χ2v) is 6.99. The van der Waals surface area contributed by atoms with E-state index in [1.165, 1.54) is 0 Å². The van der Waals surface area contributed by atoms with Crippen LogP contribution in [0.5, 0.6) is 0 Å². The van der Waals surface area contributed by atoms with Crippen LogP contribution in [0.2, 0.25) is 0 Å². The van der Waals surface area contributed by atoms with Gasteiger partial charge in [-0.25, -0.2) is 0 Å². The van der Waals surface area contributed by atoms with Gasteiger partial charge < -0.3 is 0 Å². The van der Waals surface area contributed by atoms with E-state index in [1.807, 2.05) is 0 Å². The van der Waals surface area contributed by atoms with Crippen LogP contribution in [0.4, 0.5) is 0 Å². The third-order valence-electron chi connectivity index (χ3n) is 0.574. The molecule has 0 spiro atoms. The Balaban J connectivity index is 3.51. The molecule has 0 aromatic carbocycles. The zero-order chi connectivity index (χ0) is 7.33. The molecule has 0 saturated carbocycles. The fourth-order valence-corrected chi connectivity index (χ4v) is 1.26. The van der Waals surface area contributed by atoms with Crippen molar-refractivity contribution < 1.29 is 4.57 Å². The number of hydrogen-bond acceptors (Lipinski definition) is 1. The molecule has 0 heterocycles. The standard InChI is InChI=1S/C4H6Cl3OP/c5-3-1-2-4-9(6,7)8/h1-2H,3-4H2. The Morgan fingerprint density at radius 1 is 1.33 bits per heavy atom. The predicted octanol–water partition coefficient (Wildman–Crippen LogP) is 3.45. The van der Waals surface area contributed by atoms with E-state index < -0.39 is 5.85 Å². The first-order chi connectivity index (χ1) is 4.06. The highest BCUT2D eigenvalue weighted by atomic mass is 35.9. The molecule has 0 bridgehead atoms. The van der Waals surface area contributed by atoms with E-state index in [9.17, 15) is 4.57 Å². The molecule has 0 aliphatic heterocycles. The normalized spacial score (nSPS) is 12.8. The summed E-state index contributed by atoms with van der Waals surface area (Å²) in [6.45, 7) is 0. The van der Waals surface area contributed by atoms with E-state index in [0.29, 0.717) is 5.88 Å². The monoisotopic (exact) mass is 206 g/mol. The van der Waals surface area contributed by atoms with Crippen molar-refractivity contribution in [2.24, 2.45) is 0 Å². The fraction of sp³-hybridized carbons (Fsp3) is 0.500. The first-order valence-electron chi connectivity index (χ1n) is 2.25. The Labute approximate surface area is 68.9 Å². The van der Waals surface area contributed by atoms with Crippen molar-refractivity contribution in [1.82, 2.24) is 0 Å². The van der Waals surface area contributed by atoms with Crippen molar-refractivity contribution in [2.45, 2.75) is 0 Å². The molecular formula is C4H6Cl3OP. The van der Waals surface area contributed by atoms with Crippen molar-refractivity contribution in [3.63, 3.8) is 0 Å². The van der Waals surface area contributed by atoms with E-state index in [-0.39, 0.29) is 6.16 Å². The maximum Gasteiger partial charge on any atom is 0.256 e. The first-order valence-corrected chi connectivity index (χ1v) is 6.49. The molecular weight excluding hydrogens is 201 g/mol. The van der Waals surface area contributed by atoms with Gasteiger partial charge in [-0.2, -0.15) is 0 Å². The van der Waals surface area contributed by atoms with Gasteiger partial charge in [-0.1, -0.05) is 12.2 Å². The van der Waals surface area contributed by atoms with Crippen LogP contribution >= 0.6 is 39.9 Å². The van der Waals surface area contributed by atoms with E-state index in [4.69, 9.17) is 34.1 Å². The first kappa shape index (κ1) is 9.84. The maximum absolute atomic E-state index is 10.5. The highest BCUT2D eigenvalue weighted by Crippen LogP contribution is 2.56. The molecule has 0 radical (unpaired) electrons. The van der Waals surface area contributed by atoms with Crippen LogP contribution in [0, 0.1) is 0 Å². The molecule has 0 N–H and O–H groups in total. The van der Waals surface area contributed by atoms with Crippen molar-refractivity contribution in [3.05, 3.63) is 12.2 Å². The smallest absolute Gasteiger partial charge is 0.256 e. The summed E-state index contributed by atoms with van der Waals surface area (Å²) in [5, 5.41) is 0. The molecule has 0 atom stereocenters. The van der Waals surface area contributed by atoms with Crippen LogP contribution in [0.25, 0.3) is 0 Å². The lowest BCUT2D eigenvalue weighted by molar-refractivity contribution is 0.594. The van der Waals surface area contributed by atoms with Gasteiger partial charge in [-0.15, -0.1) is 11.6 Å². The fourth-order valence-electron chi connectivity index (χ4n) is 0.260. The van der Waals surface area contributed by atoms with Gasteiger partial charge in [0, 0.05) is 12.0 Å². The number of halogens is 3. The van der Waals surface area contributed by atoms with Gasteiger partial charge in [0.05, 0.1) is 0 Å². The molecule has 0 unspecified atom stereocenters. The second-order valence-electron chi connectivity index (χ2n) is 1.38. The number of hydrogen-bond donors (Lipinski definition) is 0. The van der Waals surface area contributed by atoms with Crippen molar-refractivity contribution in [1.29, 1.82) is 0 Å². The summed E-state index contributed by atoms with van der Waals surface area (Å²) in [6.07, 6.45) is 3.45. The molecule has 9 heavy (non-hydrogen) atoms. The SMILES string of the molecule is O=P(Cl)(Cl)CC=CCCl. The van der Waals surface area contributed by atoms with Gasteiger partial charge in [0.15, 0.2) is 0 Å². The Bertz CT molecular complexity index is 139. The zero-order valence-corrected chi connectivity index (χ0v) is 7.72. The minimum absolute atomic E-state index is 0.197. The third-order valence-corrected chi connectivity index (χ3v) is 2.22. The molecule has 1 nitrogen and oxygen atoms in total. The van der Waals surface area contributed by atoms with E-state index >= 15 is 0 Å². The van der Waals surface area contributed by atoms with E-state index in [1.54, 1.807) is 12.2 Å². The average Bonchev–Trinajstić information content (AvgIpc) is 1.63. The Hall–Kier alpha value is 0.840. The van der Waals surface area contributed by atoms with Crippen LogP contribution in [0.1, 0.15) is 0 Å². The quantitative estimate of drug-likeness (QED) is 0.393. The van der Waals surface area contributed by atoms with Crippen molar-refractivity contribution >= 4 is 39.9 Å². The van der Waals surface area contributed by atoms with Crippen LogP contribution in [0.3, 0.4) is 0 Å². The van der Waals surface area contributed by atoms with Gasteiger partial charge >= 0.3 is 0 Å². The Kier molecular flexibility index (Phi) is 5.06. The molecule has 0 aliphatic carbocycles. The van der Waals surface area contributed by atoms with E-state index in [0.717, 1.165) is 0 Å². The third kappa shape index (κ3) is 8.84. The topological polar surface area (TPSA) is 17.1 Å². The largest absolute Gasteiger partial charge is 0.289 e. The molecule has 5 heteroatoms. The summed E-state index contributed by atoms with van der Waals surface area (Å²) < 4.78 is 10.5. The molecule has 0 amide bonds. The molecule has 0 saturated heterocycles. The molecule has 0 rings (SSSR count). The van der Waals surface area contributed by atoms with Gasteiger partial charge in [-0.3, -0.25) is 4.57 Å². The zero-order valence-electron chi connectivity index (χ0n) is 4.56. The van der Waals surface area contributed by atoms with Gasteiger partial charge in [0.2, 0.25) is 0 Å². The summed E-state index contributed by atoms with van der Waals surface area (Å²) in [7, 11) is 0. The van der Waals surface area contributed by atoms with Gasteiger partial charge in [0.1, 0.15) is 0 Å². The summed E-state index contributed by atoms with van der Waals surface area (Å²) >= 11 is 15.7. The summed E-state index contributed by atoms with van der Waals surface area (Å²) in [5.41, 5.74) is 0. The lowest BCUT2D eigenvalue weighted by atomic mass is 10.6. The van der Waals surface area contributed by atoms with Crippen molar-refractivity contribution in [2.75, 3.05) is 12.0 Å². The number of rotatable bonds is 3. The number of alkyl halides is 1. The molecule has 0 aromatic heterocycles. The highest BCUT2D eigenvalue weighted by molar-refractivity contribution is 8.08. The van der Waals surface area contributed by atoms with Gasteiger partial charge in [-0.05, 0) is 22.5 Å². The minimum Gasteiger partial charge on any atom is -0.289 e. The summed E-state index contributed by atoms with van der Waals surface area (Å²) in [5.74, 6) is -2.50. The van der Waals surface area contributed by atoms with Crippen molar-refractivity contribution in [3.8, 4) is 0 Å². The van der Waals surface area contributed by atoms with Gasteiger partial charge in [0.25, 0.3) is 5.85 Å². The highest BCUT2D eigenvalue weighted by Gasteiger charge is 2.08. The van der Waals surface area contributed by atoms with Crippen LogP contribution in [0.15, 0.2) is 12.2 Å². The van der Waals surface area contributed by atoms with Crippen LogP contribution < -0.4 is 0 Å². The van der Waals surface area contributed by atoms with E-state index in [2.05, 4.69) is 0 Å². The number of allylic oxidation sites excluding steroid dienone is 2. The average molecular weight is 207 g/mol. The lowest BCUT2D eigenvalue weighted by Crippen LogP contribution is -1.69. The maximum atomic E-state index is 10.5. The lowest BCUT2D eigenvalue weighted by Gasteiger charge is -1.92. The van der Waals surface area contributed by atoms with Crippen LogP contribution in [-0.4, -0.2) is 12.0 Å². The summed E-state index contributed by atoms with van der Waals surface area (Å²) in [4.78, 5) is 0. The summed E-state index contributed by atoms with van der Waals surface area (Å²) in [6, 6.07) is 0.